The van der Waals surface area contributed by atoms with Gasteiger partial charge in [0.25, 0.3) is 0 Å². The van der Waals surface area contributed by atoms with Crippen LogP contribution in [0.3, 0.4) is 0 Å². The number of thioether (sulfide) groups is 1. The summed E-state index contributed by atoms with van der Waals surface area (Å²) < 4.78 is 15.1. The molecule has 1 aliphatic rings. The molecule has 1 fully saturated rings. The molecule has 0 aliphatic carbocycles. The SMILES string of the molecule is Cc1ccc(-n2c(CNc3ccc(F)cc3)nnc2SCC(=O)N2CCCCC2)cc1. The number of piperidine rings is 1. The van der Waals surface area contributed by atoms with Crippen molar-refractivity contribution in [1.82, 2.24) is 19.7 Å². The van der Waals surface area contributed by atoms with Gasteiger partial charge in [0, 0.05) is 24.5 Å². The summed E-state index contributed by atoms with van der Waals surface area (Å²) in [7, 11) is 0. The zero-order valence-electron chi connectivity index (χ0n) is 17.6. The van der Waals surface area contributed by atoms with Crippen molar-refractivity contribution < 1.29 is 9.18 Å². The first-order valence-corrected chi connectivity index (χ1v) is 11.5. The van der Waals surface area contributed by atoms with Gasteiger partial charge in [0.15, 0.2) is 11.0 Å². The molecule has 0 radical (unpaired) electrons. The minimum atomic E-state index is -0.273. The Morgan fingerprint density at radius 3 is 2.45 bits per heavy atom. The lowest BCUT2D eigenvalue weighted by molar-refractivity contribution is -0.129. The molecule has 1 saturated heterocycles. The number of amides is 1. The van der Waals surface area contributed by atoms with Crippen LogP contribution in [0.15, 0.2) is 53.7 Å². The Morgan fingerprint density at radius 1 is 1.03 bits per heavy atom. The summed E-state index contributed by atoms with van der Waals surface area (Å²) in [5, 5.41) is 12.7. The first-order valence-electron chi connectivity index (χ1n) is 10.5. The Hall–Kier alpha value is -2.87. The summed E-state index contributed by atoms with van der Waals surface area (Å²) in [4.78, 5) is 14.6. The van der Waals surface area contributed by atoms with Gasteiger partial charge in [-0.3, -0.25) is 9.36 Å². The van der Waals surface area contributed by atoms with E-state index in [2.05, 4.69) is 15.5 Å². The highest BCUT2D eigenvalue weighted by molar-refractivity contribution is 7.99. The fourth-order valence-electron chi connectivity index (χ4n) is 3.57. The molecule has 0 atom stereocenters. The van der Waals surface area contributed by atoms with Crippen LogP contribution in [0.1, 0.15) is 30.7 Å². The lowest BCUT2D eigenvalue weighted by Gasteiger charge is -2.26. The maximum atomic E-state index is 13.2. The van der Waals surface area contributed by atoms with E-state index in [0.29, 0.717) is 17.5 Å². The summed E-state index contributed by atoms with van der Waals surface area (Å²) >= 11 is 1.41. The van der Waals surface area contributed by atoms with Crippen LogP contribution in [0, 0.1) is 12.7 Å². The topological polar surface area (TPSA) is 63.1 Å². The molecule has 6 nitrogen and oxygen atoms in total. The maximum absolute atomic E-state index is 13.2. The van der Waals surface area contributed by atoms with E-state index in [1.165, 1.54) is 30.3 Å². The maximum Gasteiger partial charge on any atom is 0.233 e. The average molecular weight is 440 g/mol. The predicted molar refractivity (Wildman–Crippen MR) is 121 cm³/mol. The van der Waals surface area contributed by atoms with E-state index in [9.17, 15) is 9.18 Å². The Morgan fingerprint density at radius 2 is 1.74 bits per heavy atom. The van der Waals surface area contributed by atoms with E-state index < -0.39 is 0 Å². The van der Waals surface area contributed by atoms with Crippen molar-refractivity contribution in [3.63, 3.8) is 0 Å². The number of anilines is 1. The van der Waals surface area contributed by atoms with Gasteiger partial charge in [0.2, 0.25) is 5.91 Å². The third-order valence-electron chi connectivity index (χ3n) is 5.32. The molecule has 0 saturated carbocycles. The number of benzene rings is 2. The van der Waals surface area contributed by atoms with Gasteiger partial charge >= 0.3 is 0 Å². The molecule has 31 heavy (non-hydrogen) atoms. The minimum Gasteiger partial charge on any atom is -0.378 e. The molecular formula is C23H26FN5OS. The van der Waals surface area contributed by atoms with Gasteiger partial charge in [-0.25, -0.2) is 4.39 Å². The van der Waals surface area contributed by atoms with Crippen LogP contribution >= 0.6 is 11.8 Å². The fourth-order valence-corrected chi connectivity index (χ4v) is 4.44. The Balaban J connectivity index is 1.52. The molecule has 3 aromatic rings. The summed E-state index contributed by atoms with van der Waals surface area (Å²) in [6.45, 7) is 4.15. The normalized spacial score (nSPS) is 13.9. The highest BCUT2D eigenvalue weighted by Gasteiger charge is 2.20. The summed E-state index contributed by atoms with van der Waals surface area (Å²) in [5.41, 5.74) is 2.91. The number of rotatable bonds is 7. The minimum absolute atomic E-state index is 0.147. The van der Waals surface area contributed by atoms with Crippen LogP contribution in [0.4, 0.5) is 10.1 Å². The molecule has 0 spiro atoms. The van der Waals surface area contributed by atoms with Crippen molar-refractivity contribution in [3.05, 3.63) is 65.7 Å². The molecule has 1 aromatic heterocycles. The van der Waals surface area contributed by atoms with Gasteiger partial charge in [0.05, 0.1) is 12.3 Å². The van der Waals surface area contributed by atoms with Crippen molar-refractivity contribution >= 4 is 23.4 Å². The highest BCUT2D eigenvalue weighted by Crippen LogP contribution is 2.24. The number of hydrogen-bond acceptors (Lipinski definition) is 5. The zero-order chi connectivity index (χ0) is 21.6. The first-order chi connectivity index (χ1) is 15.1. The summed E-state index contributed by atoms with van der Waals surface area (Å²) in [6, 6.07) is 14.3. The molecule has 8 heteroatoms. The van der Waals surface area contributed by atoms with Crippen molar-refractivity contribution in [2.24, 2.45) is 0 Å². The van der Waals surface area contributed by atoms with Gasteiger partial charge in [-0.15, -0.1) is 10.2 Å². The molecule has 1 amide bonds. The van der Waals surface area contributed by atoms with E-state index in [4.69, 9.17) is 0 Å². The number of likely N-dealkylation sites (tertiary alicyclic amines) is 1. The van der Waals surface area contributed by atoms with Crippen LogP contribution in [-0.2, 0) is 11.3 Å². The van der Waals surface area contributed by atoms with Crippen LogP contribution in [0.2, 0.25) is 0 Å². The van der Waals surface area contributed by atoms with E-state index in [1.54, 1.807) is 12.1 Å². The molecule has 1 aliphatic heterocycles. The van der Waals surface area contributed by atoms with Crippen molar-refractivity contribution in [3.8, 4) is 5.69 Å². The molecule has 2 heterocycles. The van der Waals surface area contributed by atoms with Crippen LogP contribution in [0.25, 0.3) is 5.69 Å². The van der Waals surface area contributed by atoms with Crippen LogP contribution in [0.5, 0.6) is 0 Å². The third-order valence-corrected chi connectivity index (χ3v) is 6.23. The van der Waals surface area contributed by atoms with E-state index >= 15 is 0 Å². The largest absolute Gasteiger partial charge is 0.378 e. The molecule has 0 bridgehead atoms. The number of carbonyl (C=O) groups is 1. The lowest BCUT2D eigenvalue weighted by Crippen LogP contribution is -2.36. The fraction of sp³-hybridized carbons (Fsp3) is 0.348. The molecular weight excluding hydrogens is 413 g/mol. The van der Waals surface area contributed by atoms with Crippen LogP contribution in [-0.4, -0.2) is 44.4 Å². The Labute approximate surface area is 185 Å². The second-order valence-corrected chi connectivity index (χ2v) is 8.60. The van der Waals surface area contributed by atoms with Gasteiger partial charge in [-0.2, -0.15) is 0 Å². The van der Waals surface area contributed by atoms with E-state index in [0.717, 1.165) is 48.7 Å². The Kier molecular flexibility index (Phi) is 6.86. The zero-order valence-corrected chi connectivity index (χ0v) is 18.4. The molecule has 4 rings (SSSR count). The first kappa shape index (κ1) is 21.4. The van der Waals surface area contributed by atoms with Gasteiger partial charge in [-0.1, -0.05) is 29.5 Å². The van der Waals surface area contributed by atoms with E-state index in [1.807, 2.05) is 40.7 Å². The summed E-state index contributed by atoms with van der Waals surface area (Å²) in [6.07, 6.45) is 3.35. The smallest absolute Gasteiger partial charge is 0.233 e. The van der Waals surface area contributed by atoms with Gasteiger partial charge in [-0.05, 0) is 62.6 Å². The number of carbonyl (C=O) groups excluding carboxylic acids is 1. The molecule has 0 unspecified atom stereocenters. The predicted octanol–water partition coefficient (Wildman–Crippen LogP) is 4.43. The molecule has 162 valence electrons. The number of hydrogen-bond donors (Lipinski definition) is 1. The monoisotopic (exact) mass is 439 g/mol. The second kappa shape index (κ2) is 9.96. The van der Waals surface area contributed by atoms with Crippen molar-refractivity contribution in [2.75, 3.05) is 24.2 Å². The number of aromatic nitrogens is 3. The third kappa shape index (κ3) is 5.44. The molecule has 1 N–H and O–H groups in total. The van der Waals surface area contributed by atoms with Crippen molar-refractivity contribution in [1.29, 1.82) is 0 Å². The molecule has 2 aromatic carbocycles. The summed E-state index contributed by atoms with van der Waals surface area (Å²) in [5.74, 6) is 0.940. The Bertz CT molecular complexity index is 1010. The second-order valence-electron chi connectivity index (χ2n) is 7.66. The highest BCUT2D eigenvalue weighted by atomic mass is 32.2. The van der Waals surface area contributed by atoms with Crippen molar-refractivity contribution in [2.45, 2.75) is 37.9 Å². The number of aryl methyl sites for hydroxylation is 1. The van der Waals surface area contributed by atoms with Crippen LogP contribution < -0.4 is 5.32 Å². The van der Waals surface area contributed by atoms with Gasteiger partial charge < -0.3 is 10.2 Å². The van der Waals surface area contributed by atoms with E-state index in [-0.39, 0.29) is 11.7 Å². The van der Waals surface area contributed by atoms with Gasteiger partial charge in [0.1, 0.15) is 5.82 Å². The number of halogens is 1. The number of nitrogens with one attached hydrogen (secondary N) is 1. The lowest BCUT2D eigenvalue weighted by atomic mass is 10.1. The quantitative estimate of drug-likeness (QED) is 0.552. The number of nitrogens with zero attached hydrogens (tertiary/aromatic N) is 4. The average Bonchev–Trinajstić information content (AvgIpc) is 3.21. The standard InChI is InChI=1S/C23H26FN5OS/c1-17-5-11-20(12-6-17)29-21(15-25-19-9-7-18(24)8-10-19)26-27-23(29)31-16-22(30)28-13-3-2-4-14-28/h5-12,25H,2-4,13-16H2,1H3.